The van der Waals surface area contributed by atoms with Crippen LogP contribution in [0.4, 0.5) is 10.8 Å². The van der Waals surface area contributed by atoms with E-state index in [2.05, 4.69) is 47.7 Å². The first kappa shape index (κ1) is 17.5. The Balaban J connectivity index is 0.00000192. The van der Waals surface area contributed by atoms with E-state index in [4.69, 9.17) is 4.74 Å². The van der Waals surface area contributed by atoms with Crippen molar-refractivity contribution in [3.05, 3.63) is 59.0 Å². The third kappa shape index (κ3) is 3.92. The van der Waals surface area contributed by atoms with Gasteiger partial charge in [0.05, 0.1) is 18.5 Å². The number of aromatic nitrogens is 1. The van der Waals surface area contributed by atoms with Crippen LogP contribution in [0.5, 0.6) is 5.75 Å². The molecular formula is C18H19BrN2OS. The third-order valence-corrected chi connectivity index (χ3v) is 4.41. The summed E-state index contributed by atoms with van der Waals surface area (Å²) in [5, 5.41) is 6.25. The zero-order chi connectivity index (χ0) is 15.5. The fourth-order valence-corrected chi connectivity index (χ4v) is 2.96. The summed E-state index contributed by atoms with van der Waals surface area (Å²) in [5.74, 6) is 0.811. The average molecular weight is 391 g/mol. The molecule has 120 valence electrons. The predicted molar refractivity (Wildman–Crippen MR) is 104 cm³/mol. The summed E-state index contributed by atoms with van der Waals surface area (Å²) in [4.78, 5) is 4.67. The average Bonchev–Trinajstić information content (AvgIpc) is 2.99. The van der Waals surface area contributed by atoms with E-state index in [-0.39, 0.29) is 17.0 Å². The number of hydrogen-bond donors (Lipinski definition) is 1. The van der Waals surface area contributed by atoms with Gasteiger partial charge in [-0.3, -0.25) is 0 Å². The number of hydrogen-bond acceptors (Lipinski definition) is 4. The SMILES string of the molecule is Br.COc1ccccc1Nc1nc(-c2ccc(C)c(C)c2)cs1. The molecule has 0 aliphatic rings. The summed E-state index contributed by atoms with van der Waals surface area (Å²) in [6.07, 6.45) is 0. The molecule has 0 saturated heterocycles. The number of thiazole rings is 1. The topological polar surface area (TPSA) is 34.1 Å². The lowest BCUT2D eigenvalue weighted by Gasteiger charge is -2.08. The van der Waals surface area contributed by atoms with Crippen molar-refractivity contribution in [3.63, 3.8) is 0 Å². The molecule has 0 saturated carbocycles. The van der Waals surface area contributed by atoms with Crippen LogP contribution in [-0.2, 0) is 0 Å². The highest BCUT2D eigenvalue weighted by Crippen LogP contribution is 2.31. The highest BCUT2D eigenvalue weighted by atomic mass is 79.9. The lowest BCUT2D eigenvalue weighted by atomic mass is 10.1. The van der Waals surface area contributed by atoms with E-state index in [1.807, 2.05) is 24.3 Å². The molecule has 0 fully saturated rings. The Morgan fingerprint density at radius 3 is 2.57 bits per heavy atom. The number of rotatable bonds is 4. The number of benzene rings is 2. The van der Waals surface area contributed by atoms with Crippen LogP contribution in [0, 0.1) is 13.8 Å². The normalized spacial score (nSPS) is 10.0. The van der Waals surface area contributed by atoms with Gasteiger partial charge < -0.3 is 10.1 Å². The molecule has 1 N–H and O–H groups in total. The van der Waals surface area contributed by atoms with Gasteiger partial charge in [-0.15, -0.1) is 28.3 Å². The first-order valence-corrected chi connectivity index (χ1v) is 7.98. The van der Waals surface area contributed by atoms with Crippen molar-refractivity contribution in [2.75, 3.05) is 12.4 Å². The molecule has 0 bridgehead atoms. The van der Waals surface area contributed by atoms with Crippen LogP contribution >= 0.6 is 28.3 Å². The quantitative estimate of drug-likeness (QED) is 0.614. The summed E-state index contributed by atoms with van der Waals surface area (Å²) < 4.78 is 5.35. The second kappa shape index (κ2) is 7.62. The lowest BCUT2D eigenvalue weighted by Crippen LogP contribution is -1.93. The summed E-state index contributed by atoms with van der Waals surface area (Å²) >= 11 is 1.59. The van der Waals surface area contributed by atoms with Gasteiger partial charge in [0.1, 0.15) is 5.75 Å². The van der Waals surface area contributed by atoms with Crippen molar-refractivity contribution in [2.24, 2.45) is 0 Å². The maximum atomic E-state index is 5.35. The molecule has 0 aliphatic heterocycles. The summed E-state index contributed by atoms with van der Waals surface area (Å²) in [7, 11) is 1.67. The molecule has 1 heterocycles. The third-order valence-electron chi connectivity index (χ3n) is 3.66. The highest BCUT2D eigenvalue weighted by molar-refractivity contribution is 8.93. The summed E-state index contributed by atoms with van der Waals surface area (Å²) in [5.41, 5.74) is 5.64. The maximum Gasteiger partial charge on any atom is 0.187 e. The molecule has 0 amide bonds. The van der Waals surface area contributed by atoms with Crippen molar-refractivity contribution in [1.29, 1.82) is 0 Å². The second-order valence-electron chi connectivity index (χ2n) is 5.16. The Labute approximate surface area is 151 Å². The fraction of sp³-hybridized carbons (Fsp3) is 0.167. The molecular weight excluding hydrogens is 372 g/mol. The molecule has 0 unspecified atom stereocenters. The first-order chi connectivity index (χ1) is 10.7. The van der Waals surface area contributed by atoms with Crippen LogP contribution in [0.2, 0.25) is 0 Å². The molecule has 1 aromatic heterocycles. The molecule has 0 spiro atoms. The summed E-state index contributed by atoms with van der Waals surface area (Å²) in [6, 6.07) is 14.3. The smallest absolute Gasteiger partial charge is 0.187 e. The number of anilines is 2. The zero-order valence-corrected chi connectivity index (χ0v) is 15.8. The van der Waals surface area contributed by atoms with Gasteiger partial charge in [0.15, 0.2) is 5.13 Å². The van der Waals surface area contributed by atoms with E-state index in [0.717, 1.165) is 27.8 Å². The number of nitrogens with one attached hydrogen (secondary N) is 1. The van der Waals surface area contributed by atoms with Gasteiger partial charge in [-0.1, -0.05) is 24.3 Å². The molecule has 5 heteroatoms. The number of halogens is 1. The van der Waals surface area contributed by atoms with Gasteiger partial charge in [-0.05, 0) is 43.2 Å². The van der Waals surface area contributed by atoms with E-state index < -0.39 is 0 Å². The van der Waals surface area contributed by atoms with E-state index >= 15 is 0 Å². The molecule has 3 nitrogen and oxygen atoms in total. The maximum absolute atomic E-state index is 5.35. The van der Waals surface area contributed by atoms with Crippen molar-refractivity contribution in [3.8, 4) is 17.0 Å². The molecule has 0 atom stereocenters. The molecule has 0 radical (unpaired) electrons. The number of ether oxygens (including phenoxy) is 1. The van der Waals surface area contributed by atoms with Gasteiger partial charge in [-0.2, -0.15) is 0 Å². The second-order valence-corrected chi connectivity index (χ2v) is 6.02. The molecule has 23 heavy (non-hydrogen) atoms. The minimum Gasteiger partial charge on any atom is -0.495 e. The van der Waals surface area contributed by atoms with Gasteiger partial charge in [0.2, 0.25) is 0 Å². The Hall–Kier alpha value is -1.85. The van der Waals surface area contributed by atoms with Gasteiger partial charge in [0, 0.05) is 10.9 Å². The van der Waals surface area contributed by atoms with Crippen LogP contribution in [0.3, 0.4) is 0 Å². The minimum absolute atomic E-state index is 0. The van der Waals surface area contributed by atoms with Crippen molar-refractivity contribution in [2.45, 2.75) is 13.8 Å². The lowest BCUT2D eigenvalue weighted by molar-refractivity contribution is 0.417. The van der Waals surface area contributed by atoms with E-state index in [0.29, 0.717) is 0 Å². The fourth-order valence-electron chi connectivity index (χ4n) is 2.23. The van der Waals surface area contributed by atoms with Crippen molar-refractivity contribution in [1.82, 2.24) is 4.98 Å². The van der Waals surface area contributed by atoms with Gasteiger partial charge >= 0.3 is 0 Å². The molecule has 2 aromatic carbocycles. The first-order valence-electron chi connectivity index (χ1n) is 7.10. The highest BCUT2D eigenvalue weighted by Gasteiger charge is 2.08. The predicted octanol–water partition coefficient (Wildman–Crippen LogP) is 5.76. The van der Waals surface area contributed by atoms with Crippen LogP contribution in [0.25, 0.3) is 11.3 Å². The van der Waals surface area contributed by atoms with Crippen molar-refractivity contribution < 1.29 is 4.74 Å². The molecule has 0 aliphatic carbocycles. The van der Waals surface area contributed by atoms with Crippen LogP contribution < -0.4 is 10.1 Å². The Kier molecular flexibility index (Phi) is 5.80. The van der Waals surface area contributed by atoms with Gasteiger partial charge in [0.25, 0.3) is 0 Å². The number of nitrogens with zero attached hydrogens (tertiary/aromatic N) is 1. The van der Waals surface area contributed by atoms with E-state index in [1.165, 1.54) is 11.1 Å². The Morgan fingerprint density at radius 1 is 1.04 bits per heavy atom. The van der Waals surface area contributed by atoms with Crippen LogP contribution in [0.15, 0.2) is 47.8 Å². The largest absolute Gasteiger partial charge is 0.495 e. The molecule has 3 rings (SSSR count). The number of methoxy groups -OCH3 is 1. The van der Waals surface area contributed by atoms with Crippen LogP contribution in [0.1, 0.15) is 11.1 Å². The minimum atomic E-state index is 0. The summed E-state index contributed by atoms with van der Waals surface area (Å²) in [6.45, 7) is 4.24. The Morgan fingerprint density at radius 2 is 1.83 bits per heavy atom. The van der Waals surface area contributed by atoms with E-state index in [9.17, 15) is 0 Å². The number of para-hydroxylation sites is 2. The van der Waals surface area contributed by atoms with Crippen molar-refractivity contribution >= 4 is 39.1 Å². The monoisotopic (exact) mass is 390 g/mol. The number of aryl methyl sites for hydroxylation is 2. The molecule has 3 aromatic rings. The van der Waals surface area contributed by atoms with E-state index in [1.54, 1.807) is 18.4 Å². The van der Waals surface area contributed by atoms with Gasteiger partial charge in [-0.25, -0.2) is 4.98 Å². The standard InChI is InChI=1S/C18H18N2OS.BrH/c1-12-8-9-14(10-13(12)2)16-11-22-18(20-16)19-15-6-4-5-7-17(15)21-3;/h4-11H,1-3H3,(H,19,20);1H. The zero-order valence-electron chi connectivity index (χ0n) is 13.3. The van der Waals surface area contributed by atoms with Crippen LogP contribution in [-0.4, -0.2) is 12.1 Å². The Bertz CT molecular complexity index is 801.